The maximum Gasteiger partial charge on any atom is 0.254 e. The number of nitrogens with two attached hydrogens (primary N) is 2. The lowest BCUT2D eigenvalue weighted by Gasteiger charge is -2.08. The Morgan fingerprint density at radius 2 is 2.11 bits per heavy atom. The summed E-state index contributed by atoms with van der Waals surface area (Å²) in [5.41, 5.74) is 11.3. The Labute approximate surface area is 117 Å². The van der Waals surface area contributed by atoms with Gasteiger partial charge in [0.05, 0.1) is 11.9 Å². The van der Waals surface area contributed by atoms with Crippen LogP contribution in [0.4, 0.5) is 5.69 Å². The van der Waals surface area contributed by atoms with Gasteiger partial charge in [-0.15, -0.1) is 0 Å². The molecule has 0 bridgehead atoms. The highest BCUT2D eigenvalue weighted by Crippen LogP contribution is 2.25. The van der Waals surface area contributed by atoms with E-state index in [-0.39, 0.29) is 11.4 Å². The van der Waals surface area contributed by atoms with Crippen LogP contribution in [0, 0.1) is 3.57 Å². The predicted octanol–water partition coefficient (Wildman–Crippen LogP) is 2.16. The van der Waals surface area contributed by atoms with Crippen LogP contribution in [0.1, 0.15) is 10.4 Å². The summed E-state index contributed by atoms with van der Waals surface area (Å²) < 4.78 is 6.55. The topological polar surface area (TPSA) is 91.2 Å². The van der Waals surface area contributed by atoms with Crippen LogP contribution in [-0.2, 0) is 0 Å². The second-order valence-electron chi connectivity index (χ2n) is 3.55. The predicted molar refractivity (Wildman–Crippen MR) is 76.4 cm³/mol. The molecule has 0 unspecified atom stereocenters. The average molecular weight is 355 g/mol. The number of hydrogen-bond donors (Lipinski definition) is 2. The molecule has 0 aliphatic rings. The standard InChI is InChI=1S/C12H10IN3O2/c13-7-2-1-3-9(4-7)18-12-10(11(15)17)5-8(14)6-16-12/h1-6H,14H2,(H2,15,17). The number of rotatable bonds is 3. The van der Waals surface area contributed by atoms with Crippen molar-refractivity contribution in [3.8, 4) is 11.6 Å². The summed E-state index contributed by atoms with van der Waals surface area (Å²) in [6.07, 6.45) is 1.41. The molecule has 1 aromatic carbocycles. The maximum absolute atomic E-state index is 11.3. The smallest absolute Gasteiger partial charge is 0.254 e. The van der Waals surface area contributed by atoms with Crippen molar-refractivity contribution in [1.29, 1.82) is 0 Å². The lowest BCUT2D eigenvalue weighted by molar-refractivity contribution is 0.0997. The van der Waals surface area contributed by atoms with Crippen molar-refractivity contribution in [2.24, 2.45) is 5.73 Å². The summed E-state index contributed by atoms with van der Waals surface area (Å²) in [6.45, 7) is 0. The van der Waals surface area contributed by atoms with Gasteiger partial charge < -0.3 is 16.2 Å². The van der Waals surface area contributed by atoms with Gasteiger partial charge in [0, 0.05) is 3.57 Å². The number of nitrogen functional groups attached to an aromatic ring is 1. The SMILES string of the molecule is NC(=O)c1cc(N)cnc1Oc1cccc(I)c1. The van der Waals surface area contributed by atoms with Gasteiger partial charge in [0.25, 0.3) is 5.91 Å². The number of amides is 1. The van der Waals surface area contributed by atoms with Gasteiger partial charge in [-0.05, 0) is 46.9 Å². The molecule has 1 heterocycles. The number of ether oxygens (including phenoxy) is 1. The molecule has 2 rings (SSSR count). The quantitative estimate of drug-likeness (QED) is 0.826. The highest BCUT2D eigenvalue weighted by Gasteiger charge is 2.12. The molecule has 0 saturated heterocycles. The summed E-state index contributed by atoms with van der Waals surface area (Å²) >= 11 is 2.16. The van der Waals surface area contributed by atoms with Gasteiger partial charge in [0.2, 0.25) is 5.88 Å². The highest BCUT2D eigenvalue weighted by atomic mass is 127. The molecule has 0 fully saturated rings. The Morgan fingerprint density at radius 3 is 2.78 bits per heavy atom. The molecule has 4 N–H and O–H groups in total. The Balaban J connectivity index is 2.37. The fourth-order valence-electron chi connectivity index (χ4n) is 1.37. The van der Waals surface area contributed by atoms with Crippen molar-refractivity contribution in [2.45, 2.75) is 0 Å². The zero-order valence-corrected chi connectivity index (χ0v) is 11.4. The van der Waals surface area contributed by atoms with Crippen molar-refractivity contribution in [3.63, 3.8) is 0 Å². The molecular weight excluding hydrogens is 345 g/mol. The van der Waals surface area contributed by atoms with E-state index in [1.165, 1.54) is 12.3 Å². The zero-order valence-electron chi connectivity index (χ0n) is 9.26. The third kappa shape index (κ3) is 2.89. The molecule has 0 saturated carbocycles. The molecule has 5 nitrogen and oxygen atoms in total. The average Bonchev–Trinajstić information content (AvgIpc) is 2.31. The minimum atomic E-state index is -0.629. The van der Waals surface area contributed by atoms with E-state index in [9.17, 15) is 4.79 Å². The van der Waals surface area contributed by atoms with Gasteiger partial charge in [-0.3, -0.25) is 4.79 Å². The molecule has 1 aromatic heterocycles. The molecule has 0 aliphatic carbocycles. The monoisotopic (exact) mass is 355 g/mol. The number of pyridine rings is 1. The second kappa shape index (κ2) is 5.21. The Morgan fingerprint density at radius 1 is 1.33 bits per heavy atom. The van der Waals surface area contributed by atoms with Crippen LogP contribution >= 0.6 is 22.6 Å². The molecule has 0 radical (unpaired) electrons. The van der Waals surface area contributed by atoms with Gasteiger partial charge in [-0.1, -0.05) is 6.07 Å². The number of carbonyl (C=O) groups excluding carboxylic acids is 1. The number of nitrogens with zero attached hydrogens (tertiary/aromatic N) is 1. The zero-order chi connectivity index (χ0) is 13.1. The summed E-state index contributed by atoms with van der Waals surface area (Å²) in [7, 11) is 0. The van der Waals surface area contributed by atoms with Gasteiger partial charge >= 0.3 is 0 Å². The Hall–Kier alpha value is -1.83. The summed E-state index contributed by atoms with van der Waals surface area (Å²) in [4.78, 5) is 15.3. The van der Waals surface area contributed by atoms with Crippen LogP contribution in [0.25, 0.3) is 0 Å². The van der Waals surface area contributed by atoms with Gasteiger partial charge in [0.15, 0.2) is 0 Å². The third-order valence-corrected chi connectivity index (χ3v) is 2.82. The van der Waals surface area contributed by atoms with E-state index in [0.717, 1.165) is 3.57 Å². The first-order chi connectivity index (χ1) is 8.56. The molecule has 0 aliphatic heterocycles. The van der Waals surface area contributed by atoms with Crippen molar-refractivity contribution < 1.29 is 9.53 Å². The highest BCUT2D eigenvalue weighted by molar-refractivity contribution is 14.1. The summed E-state index contributed by atoms with van der Waals surface area (Å²) in [5, 5.41) is 0. The number of aromatic nitrogens is 1. The lowest BCUT2D eigenvalue weighted by atomic mass is 10.2. The Kier molecular flexibility index (Phi) is 3.66. The number of carbonyl (C=O) groups is 1. The molecule has 0 spiro atoms. The number of halogens is 1. The molecule has 18 heavy (non-hydrogen) atoms. The largest absolute Gasteiger partial charge is 0.438 e. The maximum atomic E-state index is 11.3. The van der Waals surface area contributed by atoms with E-state index in [4.69, 9.17) is 16.2 Å². The fourth-order valence-corrected chi connectivity index (χ4v) is 1.88. The van der Waals surface area contributed by atoms with Crippen molar-refractivity contribution in [2.75, 3.05) is 5.73 Å². The van der Waals surface area contributed by atoms with E-state index < -0.39 is 5.91 Å². The van der Waals surface area contributed by atoms with Crippen molar-refractivity contribution in [1.82, 2.24) is 4.98 Å². The number of primary amides is 1. The van der Waals surface area contributed by atoms with Crippen molar-refractivity contribution >= 4 is 34.2 Å². The third-order valence-electron chi connectivity index (χ3n) is 2.15. The fraction of sp³-hybridized carbons (Fsp3) is 0. The van der Waals surface area contributed by atoms with E-state index >= 15 is 0 Å². The molecular formula is C12H10IN3O2. The van der Waals surface area contributed by atoms with Crippen molar-refractivity contribution in [3.05, 3.63) is 45.7 Å². The lowest BCUT2D eigenvalue weighted by Crippen LogP contribution is -2.13. The molecule has 2 aromatic rings. The number of anilines is 1. The van der Waals surface area contributed by atoms with Gasteiger partial charge in [0.1, 0.15) is 11.3 Å². The first-order valence-electron chi connectivity index (χ1n) is 5.05. The number of hydrogen-bond acceptors (Lipinski definition) is 4. The number of benzene rings is 1. The van der Waals surface area contributed by atoms with Crippen LogP contribution < -0.4 is 16.2 Å². The molecule has 1 amide bonds. The van der Waals surface area contributed by atoms with E-state index in [0.29, 0.717) is 11.4 Å². The van der Waals surface area contributed by atoms with E-state index in [2.05, 4.69) is 27.6 Å². The molecule has 6 heteroatoms. The van der Waals surface area contributed by atoms with E-state index in [1.54, 1.807) is 6.07 Å². The first-order valence-corrected chi connectivity index (χ1v) is 6.13. The van der Waals surface area contributed by atoms with Crippen LogP contribution in [0.5, 0.6) is 11.6 Å². The van der Waals surface area contributed by atoms with Crippen LogP contribution in [-0.4, -0.2) is 10.9 Å². The van der Waals surface area contributed by atoms with Crippen LogP contribution in [0.2, 0.25) is 0 Å². The minimum Gasteiger partial charge on any atom is -0.438 e. The van der Waals surface area contributed by atoms with Crippen LogP contribution in [0.3, 0.4) is 0 Å². The van der Waals surface area contributed by atoms with Gasteiger partial charge in [-0.2, -0.15) is 0 Å². The molecule has 0 atom stereocenters. The van der Waals surface area contributed by atoms with Crippen LogP contribution in [0.15, 0.2) is 36.5 Å². The van der Waals surface area contributed by atoms with Gasteiger partial charge in [-0.25, -0.2) is 4.98 Å². The summed E-state index contributed by atoms with van der Waals surface area (Å²) in [6, 6.07) is 8.81. The Bertz CT molecular complexity index is 602. The first kappa shape index (κ1) is 12.6. The summed E-state index contributed by atoms with van der Waals surface area (Å²) in [5.74, 6) is 0.107. The van der Waals surface area contributed by atoms with E-state index in [1.807, 2.05) is 18.2 Å². The minimum absolute atomic E-state index is 0.152. The molecule has 92 valence electrons. The normalized spacial score (nSPS) is 10.1. The second-order valence-corrected chi connectivity index (χ2v) is 4.79.